The molecule has 0 aliphatic carbocycles. The van der Waals surface area contributed by atoms with E-state index in [2.05, 4.69) is 32.0 Å². The van der Waals surface area contributed by atoms with E-state index in [1.54, 1.807) is 0 Å². The molecule has 2 aromatic heterocycles. The van der Waals surface area contributed by atoms with Gasteiger partial charge in [0, 0.05) is 31.1 Å². The topological polar surface area (TPSA) is 50.5 Å². The minimum Gasteiger partial charge on any atom is -0.394 e. The van der Waals surface area contributed by atoms with Gasteiger partial charge in [-0.1, -0.05) is 6.07 Å². The first kappa shape index (κ1) is 14.7. The smallest absolute Gasteiger partial charge is 0.0953 e. The molecular formula is C15H21N3O2S. The highest BCUT2D eigenvalue weighted by Crippen LogP contribution is 2.20. The Morgan fingerprint density at radius 3 is 3.14 bits per heavy atom. The molecule has 0 amide bonds. The molecule has 21 heavy (non-hydrogen) atoms. The SMILES string of the molecule is OCCOCc1ncn2c1CN(Cc1cccs1)CCC2. The highest BCUT2D eigenvalue weighted by Gasteiger charge is 2.19. The number of ether oxygens (including phenoxy) is 1. The standard InChI is InChI=1S/C15H21N3O2S/c19-6-7-20-11-14-15-10-17(9-13-3-1-8-21-13)4-2-5-18(15)12-16-14/h1,3,8,12,19H,2,4-7,9-11H2. The van der Waals surface area contributed by atoms with Crippen molar-refractivity contribution in [3.8, 4) is 0 Å². The predicted molar refractivity (Wildman–Crippen MR) is 82.0 cm³/mol. The van der Waals surface area contributed by atoms with Gasteiger partial charge in [0.05, 0.1) is 37.5 Å². The Labute approximate surface area is 128 Å². The van der Waals surface area contributed by atoms with Crippen LogP contribution in [0, 0.1) is 0 Å². The first-order valence-corrected chi connectivity index (χ1v) is 8.21. The van der Waals surface area contributed by atoms with Gasteiger partial charge in [0.2, 0.25) is 0 Å². The van der Waals surface area contributed by atoms with Crippen molar-refractivity contribution >= 4 is 11.3 Å². The van der Waals surface area contributed by atoms with Gasteiger partial charge in [-0.05, 0) is 17.9 Å². The van der Waals surface area contributed by atoms with Crippen LogP contribution in [0.1, 0.15) is 22.7 Å². The number of aryl methyl sites for hydroxylation is 1. The highest BCUT2D eigenvalue weighted by atomic mass is 32.1. The van der Waals surface area contributed by atoms with Crippen LogP contribution in [-0.4, -0.2) is 39.3 Å². The van der Waals surface area contributed by atoms with E-state index in [0.717, 1.165) is 38.3 Å². The van der Waals surface area contributed by atoms with Gasteiger partial charge in [-0.25, -0.2) is 4.98 Å². The monoisotopic (exact) mass is 307 g/mol. The van der Waals surface area contributed by atoms with Gasteiger partial charge in [-0.3, -0.25) is 4.90 Å². The fourth-order valence-electron chi connectivity index (χ4n) is 2.69. The predicted octanol–water partition coefficient (Wildman–Crippen LogP) is 1.86. The van der Waals surface area contributed by atoms with Gasteiger partial charge in [0.15, 0.2) is 0 Å². The molecule has 0 saturated heterocycles. The van der Waals surface area contributed by atoms with E-state index < -0.39 is 0 Å². The third kappa shape index (κ3) is 3.71. The van der Waals surface area contributed by atoms with Crippen LogP contribution in [0.4, 0.5) is 0 Å². The molecule has 0 atom stereocenters. The number of aliphatic hydroxyl groups is 1. The largest absolute Gasteiger partial charge is 0.394 e. The fraction of sp³-hybridized carbons (Fsp3) is 0.533. The summed E-state index contributed by atoms with van der Waals surface area (Å²) in [5.41, 5.74) is 2.25. The Morgan fingerprint density at radius 1 is 1.38 bits per heavy atom. The average Bonchev–Trinajstić information content (AvgIpc) is 3.06. The van der Waals surface area contributed by atoms with E-state index in [9.17, 15) is 0 Å². The maximum Gasteiger partial charge on any atom is 0.0953 e. The van der Waals surface area contributed by atoms with E-state index >= 15 is 0 Å². The summed E-state index contributed by atoms with van der Waals surface area (Å²) in [6.45, 7) is 4.94. The van der Waals surface area contributed by atoms with E-state index in [1.807, 2.05) is 17.7 Å². The molecule has 3 rings (SSSR count). The van der Waals surface area contributed by atoms with E-state index in [0.29, 0.717) is 13.2 Å². The summed E-state index contributed by atoms with van der Waals surface area (Å²) in [6, 6.07) is 4.30. The molecule has 0 bridgehead atoms. The second-order valence-electron chi connectivity index (χ2n) is 5.25. The number of hydrogen-bond acceptors (Lipinski definition) is 5. The molecule has 5 nitrogen and oxygen atoms in total. The van der Waals surface area contributed by atoms with Gasteiger partial charge < -0.3 is 14.4 Å². The van der Waals surface area contributed by atoms with Crippen molar-refractivity contribution in [2.45, 2.75) is 32.7 Å². The summed E-state index contributed by atoms with van der Waals surface area (Å²) >= 11 is 1.81. The van der Waals surface area contributed by atoms with Gasteiger partial charge in [-0.2, -0.15) is 0 Å². The van der Waals surface area contributed by atoms with Gasteiger partial charge in [0.1, 0.15) is 0 Å². The van der Waals surface area contributed by atoms with E-state index in [4.69, 9.17) is 9.84 Å². The first-order chi connectivity index (χ1) is 10.4. The number of thiophene rings is 1. The molecular weight excluding hydrogens is 286 g/mol. The van der Waals surface area contributed by atoms with Crippen molar-refractivity contribution in [3.05, 3.63) is 40.1 Å². The molecule has 3 heterocycles. The zero-order valence-corrected chi connectivity index (χ0v) is 12.9. The van der Waals surface area contributed by atoms with Crippen LogP contribution in [0.2, 0.25) is 0 Å². The van der Waals surface area contributed by atoms with Crippen LogP contribution in [0.15, 0.2) is 23.8 Å². The summed E-state index contributed by atoms with van der Waals surface area (Å²) in [4.78, 5) is 8.35. The van der Waals surface area contributed by atoms with Gasteiger partial charge >= 0.3 is 0 Å². The van der Waals surface area contributed by atoms with Crippen molar-refractivity contribution in [2.24, 2.45) is 0 Å². The lowest BCUT2D eigenvalue weighted by Gasteiger charge is -2.19. The zero-order chi connectivity index (χ0) is 14.5. The third-order valence-corrected chi connectivity index (χ3v) is 4.57. The van der Waals surface area contributed by atoms with Crippen LogP contribution in [0.3, 0.4) is 0 Å². The van der Waals surface area contributed by atoms with Gasteiger partial charge in [-0.15, -0.1) is 11.3 Å². The summed E-state index contributed by atoms with van der Waals surface area (Å²) in [5.74, 6) is 0. The normalized spacial score (nSPS) is 15.9. The number of aliphatic hydroxyl groups excluding tert-OH is 1. The third-order valence-electron chi connectivity index (χ3n) is 3.71. The van der Waals surface area contributed by atoms with Crippen LogP contribution < -0.4 is 0 Å². The van der Waals surface area contributed by atoms with Crippen LogP contribution in [0.25, 0.3) is 0 Å². The second kappa shape index (κ2) is 7.17. The lowest BCUT2D eigenvalue weighted by Crippen LogP contribution is -2.23. The van der Waals surface area contributed by atoms with Gasteiger partial charge in [0.25, 0.3) is 0 Å². The van der Waals surface area contributed by atoms with Crippen LogP contribution >= 0.6 is 11.3 Å². The first-order valence-electron chi connectivity index (χ1n) is 7.33. The van der Waals surface area contributed by atoms with Crippen molar-refractivity contribution < 1.29 is 9.84 Å². The van der Waals surface area contributed by atoms with Crippen molar-refractivity contribution in [2.75, 3.05) is 19.8 Å². The Hall–Kier alpha value is -1.21. The molecule has 0 spiro atoms. The molecule has 0 fully saturated rings. The average molecular weight is 307 g/mol. The minimum atomic E-state index is 0.0561. The molecule has 0 aromatic carbocycles. The quantitative estimate of drug-likeness (QED) is 0.828. The Kier molecular flexibility index (Phi) is 5.03. The molecule has 114 valence electrons. The number of fused-ring (bicyclic) bond motifs is 1. The number of aromatic nitrogens is 2. The van der Waals surface area contributed by atoms with Crippen LogP contribution in [0.5, 0.6) is 0 Å². The molecule has 1 aliphatic heterocycles. The lowest BCUT2D eigenvalue weighted by molar-refractivity contribution is 0.0790. The summed E-state index contributed by atoms with van der Waals surface area (Å²) < 4.78 is 7.68. The van der Waals surface area contributed by atoms with Crippen molar-refractivity contribution in [1.82, 2.24) is 14.5 Å². The van der Waals surface area contributed by atoms with E-state index in [1.165, 1.54) is 10.6 Å². The highest BCUT2D eigenvalue weighted by molar-refractivity contribution is 7.09. The Morgan fingerprint density at radius 2 is 2.33 bits per heavy atom. The molecule has 0 unspecified atom stereocenters. The Bertz CT molecular complexity index is 553. The van der Waals surface area contributed by atoms with Crippen molar-refractivity contribution in [1.29, 1.82) is 0 Å². The molecule has 1 N–H and O–H groups in total. The molecule has 0 radical (unpaired) electrons. The summed E-state index contributed by atoms with van der Waals surface area (Å²) in [6.07, 6.45) is 3.06. The van der Waals surface area contributed by atoms with Crippen LogP contribution in [-0.2, 0) is 31.0 Å². The maximum atomic E-state index is 8.81. The lowest BCUT2D eigenvalue weighted by atomic mass is 10.3. The summed E-state index contributed by atoms with van der Waals surface area (Å²) in [5, 5.41) is 10.9. The molecule has 1 aliphatic rings. The van der Waals surface area contributed by atoms with E-state index in [-0.39, 0.29) is 6.61 Å². The van der Waals surface area contributed by atoms with Crippen molar-refractivity contribution in [3.63, 3.8) is 0 Å². The number of rotatable bonds is 6. The number of nitrogens with zero attached hydrogens (tertiary/aromatic N) is 3. The number of hydrogen-bond donors (Lipinski definition) is 1. The molecule has 2 aromatic rings. The molecule has 6 heteroatoms. The Balaban J connectivity index is 1.69. The maximum absolute atomic E-state index is 8.81. The zero-order valence-electron chi connectivity index (χ0n) is 12.1. The minimum absolute atomic E-state index is 0.0561. The second-order valence-corrected chi connectivity index (χ2v) is 6.28. The summed E-state index contributed by atoms with van der Waals surface area (Å²) in [7, 11) is 0. The fourth-order valence-corrected chi connectivity index (χ4v) is 3.44. The number of imidazole rings is 1. The molecule has 0 saturated carbocycles.